The molecule has 0 radical (unpaired) electrons. The predicted octanol–water partition coefficient (Wildman–Crippen LogP) is 6.48. The molecule has 1 aliphatic heterocycles. The van der Waals surface area contributed by atoms with Gasteiger partial charge in [-0.25, -0.2) is 9.97 Å². The lowest BCUT2D eigenvalue weighted by Crippen LogP contribution is -2.42. The lowest BCUT2D eigenvalue weighted by atomic mass is 9.75. The Morgan fingerprint density at radius 2 is 1.80 bits per heavy atom. The number of hydrogen-bond acceptors (Lipinski definition) is 10. The number of rotatable bonds is 12. The van der Waals surface area contributed by atoms with Crippen LogP contribution >= 0.6 is 0 Å². The first kappa shape index (κ1) is 35.7. The second-order valence-corrected chi connectivity index (χ2v) is 16.0. The number of piperidine rings is 1. The molecule has 2 atom stereocenters. The SMILES string of the molecule is Cc1cc(-c2ncnc3[nH]c4cc(NCCNC5CC(c6ccc([C@H]7CCC(=O)NC7=O)cc6)C5)ccc4c23)ccc1[C@@H](C)NC(=O)c1noc(C2(C)CC2)n1. The summed E-state index contributed by atoms with van der Waals surface area (Å²) in [7, 11) is 0. The van der Waals surface area contributed by atoms with Gasteiger partial charge in [-0.15, -0.1) is 0 Å². The van der Waals surface area contributed by atoms with E-state index in [0.717, 1.165) is 94.3 Å². The van der Waals surface area contributed by atoms with E-state index in [0.29, 0.717) is 30.7 Å². The van der Waals surface area contributed by atoms with Crippen molar-refractivity contribution < 1.29 is 18.9 Å². The first-order valence-corrected chi connectivity index (χ1v) is 19.5. The average Bonchev–Trinajstić information content (AvgIpc) is 3.55. The Morgan fingerprint density at radius 1 is 1.00 bits per heavy atom. The van der Waals surface area contributed by atoms with Gasteiger partial charge in [0.15, 0.2) is 0 Å². The first-order valence-electron chi connectivity index (χ1n) is 19.5. The molecule has 3 aromatic heterocycles. The van der Waals surface area contributed by atoms with Gasteiger partial charge < -0.3 is 25.5 Å². The van der Waals surface area contributed by atoms with Crippen LogP contribution in [0.15, 0.2) is 71.5 Å². The number of aromatic amines is 1. The Bertz CT molecular complexity index is 2480. The molecule has 1 saturated heterocycles. The van der Waals surface area contributed by atoms with Gasteiger partial charge in [-0.2, -0.15) is 4.98 Å². The number of H-pyrrole nitrogens is 1. The van der Waals surface area contributed by atoms with Crippen LogP contribution in [0.3, 0.4) is 0 Å². The van der Waals surface area contributed by atoms with Crippen molar-refractivity contribution in [2.75, 3.05) is 18.4 Å². The number of anilines is 1. The van der Waals surface area contributed by atoms with Crippen LogP contribution in [0.5, 0.6) is 0 Å². The van der Waals surface area contributed by atoms with Crippen molar-refractivity contribution in [3.63, 3.8) is 0 Å². The Kier molecular flexibility index (Phi) is 9.11. The molecule has 0 unspecified atom stereocenters. The maximum Gasteiger partial charge on any atom is 0.293 e. The zero-order valence-electron chi connectivity index (χ0n) is 31.7. The molecule has 3 aliphatic rings. The number of nitrogens with one attached hydrogen (secondary N) is 5. The quantitative estimate of drug-likeness (QED) is 0.0686. The van der Waals surface area contributed by atoms with Crippen LogP contribution in [0.1, 0.15) is 109 Å². The molecule has 0 spiro atoms. The highest BCUT2D eigenvalue weighted by atomic mass is 16.5. The van der Waals surface area contributed by atoms with E-state index in [2.05, 4.69) is 84.7 Å². The minimum Gasteiger partial charge on any atom is -0.384 e. The molecular weight excluding hydrogens is 707 g/mol. The Balaban J connectivity index is 0.792. The largest absolute Gasteiger partial charge is 0.384 e. The van der Waals surface area contributed by atoms with Crippen LogP contribution in [0.4, 0.5) is 5.69 Å². The van der Waals surface area contributed by atoms with E-state index in [1.807, 2.05) is 38.1 Å². The standard InChI is InChI=1S/C43H45N9O4/c1-23-18-27(8-10-31(23)24(2)48-41(55)39-51-42(56-52-39)43(3)14-15-43)37-36-33-11-9-29(21-34(33)49-38(36)47-22-46-37)44-16-17-45-30-19-28(20-30)25-4-6-26(7-5-25)32-12-13-35(53)50-40(32)54/h4-11,18,21-22,24,28,30,32,44-45H,12-17,19-20H2,1-3H3,(H,48,55)(H,46,47,49)(H,50,53,54)/t24-,28?,30?,32-/m1/s1. The van der Waals surface area contributed by atoms with Crippen LogP contribution in [-0.4, -0.2) is 61.9 Å². The van der Waals surface area contributed by atoms with E-state index in [1.165, 1.54) is 5.56 Å². The third-order valence-electron chi connectivity index (χ3n) is 12.0. The van der Waals surface area contributed by atoms with Gasteiger partial charge in [-0.1, -0.05) is 54.5 Å². The topological polar surface area (TPSA) is 180 Å². The van der Waals surface area contributed by atoms with Crippen LogP contribution in [-0.2, 0) is 15.0 Å². The number of carbonyl (C=O) groups is 3. The zero-order chi connectivity index (χ0) is 38.6. The molecule has 3 aromatic carbocycles. The summed E-state index contributed by atoms with van der Waals surface area (Å²) in [5.74, 6) is 0.126. The highest BCUT2D eigenvalue weighted by Crippen LogP contribution is 2.46. The molecule has 3 fully saturated rings. The minimum absolute atomic E-state index is 0.0598. The fraction of sp³-hybridized carbons (Fsp3) is 0.372. The molecule has 5 N–H and O–H groups in total. The molecule has 9 rings (SSSR count). The molecule has 2 saturated carbocycles. The number of amides is 3. The van der Waals surface area contributed by atoms with Crippen molar-refractivity contribution >= 4 is 45.3 Å². The van der Waals surface area contributed by atoms with E-state index >= 15 is 0 Å². The van der Waals surface area contributed by atoms with Gasteiger partial charge in [-0.05, 0) is 92.3 Å². The number of fused-ring (bicyclic) bond motifs is 3. The van der Waals surface area contributed by atoms with Crippen LogP contribution in [0, 0.1) is 6.92 Å². The van der Waals surface area contributed by atoms with Crippen molar-refractivity contribution in [1.29, 1.82) is 0 Å². The molecule has 0 bridgehead atoms. The van der Waals surface area contributed by atoms with E-state index in [4.69, 9.17) is 9.51 Å². The third kappa shape index (κ3) is 6.91. The number of aryl methyl sites for hydroxylation is 1. The second-order valence-electron chi connectivity index (χ2n) is 16.0. The van der Waals surface area contributed by atoms with Gasteiger partial charge in [0.25, 0.3) is 11.7 Å². The molecule has 6 aromatic rings. The molecule has 13 nitrogen and oxygen atoms in total. The highest BCUT2D eigenvalue weighted by Gasteiger charge is 2.45. The highest BCUT2D eigenvalue weighted by molar-refractivity contribution is 6.12. The molecule has 13 heteroatoms. The van der Waals surface area contributed by atoms with Crippen molar-refractivity contribution in [3.05, 3.63) is 101 Å². The second kappa shape index (κ2) is 14.3. The zero-order valence-corrected chi connectivity index (χ0v) is 31.7. The maximum atomic E-state index is 12.9. The van der Waals surface area contributed by atoms with Gasteiger partial charge >= 0.3 is 0 Å². The number of imide groups is 1. The van der Waals surface area contributed by atoms with E-state index in [-0.39, 0.29) is 40.9 Å². The molecule has 286 valence electrons. The van der Waals surface area contributed by atoms with Gasteiger partial charge in [0.1, 0.15) is 12.0 Å². The molecule has 4 heterocycles. The summed E-state index contributed by atoms with van der Waals surface area (Å²) in [6.07, 6.45) is 6.71. The summed E-state index contributed by atoms with van der Waals surface area (Å²) >= 11 is 0. The first-order chi connectivity index (χ1) is 27.1. The van der Waals surface area contributed by atoms with Gasteiger partial charge in [0, 0.05) is 53.1 Å². The summed E-state index contributed by atoms with van der Waals surface area (Å²) < 4.78 is 5.37. The van der Waals surface area contributed by atoms with Crippen molar-refractivity contribution in [1.82, 2.24) is 41.0 Å². The number of hydrogen-bond donors (Lipinski definition) is 5. The lowest BCUT2D eigenvalue weighted by molar-refractivity contribution is -0.134. The molecule has 2 aliphatic carbocycles. The Labute approximate surface area is 323 Å². The summed E-state index contributed by atoms with van der Waals surface area (Å²) in [6, 6.07) is 21.1. The van der Waals surface area contributed by atoms with Crippen molar-refractivity contribution in [3.8, 4) is 11.3 Å². The van der Waals surface area contributed by atoms with Gasteiger partial charge in [0.05, 0.1) is 23.0 Å². The molecule has 3 amide bonds. The van der Waals surface area contributed by atoms with Crippen molar-refractivity contribution in [2.45, 2.75) is 88.6 Å². The van der Waals surface area contributed by atoms with Crippen LogP contribution in [0.2, 0.25) is 0 Å². The number of nitrogens with zero attached hydrogens (tertiary/aromatic N) is 4. The average molecular weight is 752 g/mol. The predicted molar refractivity (Wildman–Crippen MR) is 212 cm³/mol. The fourth-order valence-corrected chi connectivity index (χ4v) is 8.22. The van der Waals surface area contributed by atoms with Crippen molar-refractivity contribution in [2.24, 2.45) is 0 Å². The lowest BCUT2D eigenvalue weighted by Gasteiger charge is -2.36. The summed E-state index contributed by atoms with van der Waals surface area (Å²) in [4.78, 5) is 53.8. The van der Waals surface area contributed by atoms with Crippen LogP contribution < -0.4 is 21.3 Å². The summed E-state index contributed by atoms with van der Waals surface area (Å²) in [6.45, 7) is 7.69. The smallest absolute Gasteiger partial charge is 0.293 e. The Hall–Kier alpha value is -5.95. The normalized spacial score (nSPS) is 20.7. The summed E-state index contributed by atoms with van der Waals surface area (Å²) in [5, 5.41) is 18.7. The fourth-order valence-electron chi connectivity index (χ4n) is 8.22. The molecular formula is C43H45N9O4. The number of carbonyl (C=O) groups excluding carboxylic acids is 3. The Morgan fingerprint density at radius 3 is 2.57 bits per heavy atom. The van der Waals surface area contributed by atoms with Gasteiger partial charge in [0.2, 0.25) is 17.7 Å². The minimum atomic E-state index is -0.359. The van der Waals surface area contributed by atoms with E-state index in [9.17, 15) is 14.4 Å². The van der Waals surface area contributed by atoms with E-state index in [1.54, 1.807) is 6.33 Å². The monoisotopic (exact) mass is 751 g/mol. The maximum absolute atomic E-state index is 12.9. The van der Waals surface area contributed by atoms with Gasteiger partial charge in [-0.3, -0.25) is 19.7 Å². The number of benzene rings is 3. The number of aromatic nitrogens is 5. The third-order valence-corrected chi connectivity index (χ3v) is 12.0. The van der Waals surface area contributed by atoms with Crippen LogP contribution in [0.25, 0.3) is 33.2 Å². The van der Waals surface area contributed by atoms with E-state index < -0.39 is 0 Å². The summed E-state index contributed by atoms with van der Waals surface area (Å²) in [5.41, 5.74) is 8.80. The molecule has 56 heavy (non-hydrogen) atoms.